The zero-order chi connectivity index (χ0) is 11.5. The van der Waals surface area contributed by atoms with Gasteiger partial charge in [-0.1, -0.05) is 0 Å². The van der Waals surface area contributed by atoms with E-state index in [-0.39, 0.29) is 12.6 Å². The summed E-state index contributed by atoms with van der Waals surface area (Å²) in [5.74, 6) is -0.399. The Kier molecular flexibility index (Phi) is 3.28. The molecule has 0 radical (unpaired) electrons. The third-order valence-electron chi connectivity index (χ3n) is 3.09. The Morgan fingerprint density at radius 2 is 2.19 bits per heavy atom. The van der Waals surface area contributed by atoms with Crippen LogP contribution < -0.4 is 5.32 Å². The molecule has 16 heavy (non-hydrogen) atoms. The summed E-state index contributed by atoms with van der Waals surface area (Å²) < 4.78 is 9.60. The van der Waals surface area contributed by atoms with E-state index >= 15 is 0 Å². The number of nitrogens with one attached hydrogen (secondary N) is 1. The van der Waals surface area contributed by atoms with Crippen molar-refractivity contribution in [2.45, 2.75) is 24.9 Å². The standard InChI is InChI=1S/C10H16N2O4/c1-15-9(13)8-6-16-10(14)12(8)7-2-4-11-5-3-7/h7-8,11H,2-6H2,1H3. The van der Waals surface area contributed by atoms with E-state index in [1.807, 2.05) is 0 Å². The molecule has 2 fully saturated rings. The summed E-state index contributed by atoms with van der Waals surface area (Å²) in [6, 6.07) is -0.485. The second kappa shape index (κ2) is 4.69. The van der Waals surface area contributed by atoms with E-state index < -0.39 is 18.1 Å². The fourth-order valence-electron chi connectivity index (χ4n) is 2.24. The number of hydrogen-bond acceptors (Lipinski definition) is 5. The number of methoxy groups -OCH3 is 1. The van der Waals surface area contributed by atoms with Crippen LogP contribution in [-0.4, -0.2) is 55.9 Å². The smallest absolute Gasteiger partial charge is 0.410 e. The molecule has 6 nitrogen and oxygen atoms in total. The zero-order valence-electron chi connectivity index (χ0n) is 9.27. The summed E-state index contributed by atoms with van der Waals surface area (Å²) in [5.41, 5.74) is 0. The van der Waals surface area contributed by atoms with Crippen molar-refractivity contribution in [2.75, 3.05) is 26.8 Å². The first kappa shape index (κ1) is 11.2. The van der Waals surface area contributed by atoms with E-state index in [1.54, 1.807) is 0 Å². The van der Waals surface area contributed by atoms with Crippen molar-refractivity contribution >= 4 is 12.1 Å². The van der Waals surface area contributed by atoms with Crippen LogP contribution in [0.5, 0.6) is 0 Å². The lowest BCUT2D eigenvalue weighted by molar-refractivity contribution is -0.145. The van der Waals surface area contributed by atoms with Crippen LogP contribution in [0.15, 0.2) is 0 Å². The minimum Gasteiger partial charge on any atom is -0.467 e. The average molecular weight is 228 g/mol. The number of esters is 1. The molecule has 6 heteroatoms. The van der Waals surface area contributed by atoms with E-state index in [1.165, 1.54) is 12.0 Å². The number of nitrogens with zero attached hydrogens (tertiary/aromatic N) is 1. The van der Waals surface area contributed by atoms with Gasteiger partial charge in [0.2, 0.25) is 0 Å². The lowest BCUT2D eigenvalue weighted by atomic mass is 10.0. The van der Waals surface area contributed by atoms with Gasteiger partial charge in [-0.25, -0.2) is 9.59 Å². The number of carbonyl (C=O) groups excluding carboxylic acids is 2. The molecule has 0 aromatic rings. The fourth-order valence-corrected chi connectivity index (χ4v) is 2.24. The molecule has 0 spiro atoms. The highest BCUT2D eigenvalue weighted by Crippen LogP contribution is 2.22. The van der Waals surface area contributed by atoms with Crippen LogP contribution in [0.1, 0.15) is 12.8 Å². The van der Waals surface area contributed by atoms with Crippen LogP contribution in [0.4, 0.5) is 4.79 Å². The topological polar surface area (TPSA) is 67.9 Å². The number of amides is 1. The molecule has 0 aromatic heterocycles. The highest BCUT2D eigenvalue weighted by atomic mass is 16.6. The van der Waals surface area contributed by atoms with Gasteiger partial charge in [-0.05, 0) is 25.9 Å². The van der Waals surface area contributed by atoms with Gasteiger partial charge in [0.15, 0.2) is 6.04 Å². The summed E-state index contributed by atoms with van der Waals surface area (Å²) in [4.78, 5) is 24.6. The van der Waals surface area contributed by atoms with Crippen molar-refractivity contribution in [1.82, 2.24) is 10.2 Å². The predicted molar refractivity (Wildman–Crippen MR) is 54.9 cm³/mol. The summed E-state index contributed by atoms with van der Waals surface area (Å²) in [6.07, 6.45) is 1.30. The molecule has 1 atom stereocenters. The highest BCUT2D eigenvalue weighted by molar-refractivity contribution is 5.84. The van der Waals surface area contributed by atoms with E-state index in [2.05, 4.69) is 10.1 Å². The van der Waals surface area contributed by atoms with Gasteiger partial charge in [0.1, 0.15) is 6.61 Å². The van der Waals surface area contributed by atoms with E-state index in [0.29, 0.717) is 0 Å². The van der Waals surface area contributed by atoms with Gasteiger partial charge in [-0.15, -0.1) is 0 Å². The van der Waals surface area contributed by atoms with Crippen molar-refractivity contribution in [3.8, 4) is 0 Å². The normalized spacial score (nSPS) is 26.7. The molecule has 1 unspecified atom stereocenters. The predicted octanol–water partition coefficient (Wildman–Crippen LogP) is -0.268. The van der Waals surface area contributed by atoms with E-state index in [0.717, 1.165) is 25.9 Å². The van der Waals surface area contributed by atoms with Crippen LogP contribution in [0.3, 0.4) is 0 Å². The van der Waals surface area contributed by atoms with Gasteiger partial charge >= 0.3 is 12.1 Å². The second-order valence-electron chi connectivity index (χ2n) is 4.00. The molecular formula is C10H16N2O4. The second-order valence-corrected chi connectivity index (χ2v) is 4.00. The number of piperidine rings is 1. The highest BCUT2D eigenvalue weighted by Gasteiger charge is 2.43. The van der Waals surface area contributed by atoms with Crippen LogP contribution in [-0.2, 0) is 14.3 Å². The number of carbonyl (C=O) groups is 2. The Balaban J connectivity index is 2.08. The molecule has 1 N–H and O–H groups in total. The van der Waals surface area contributed by atoms with Gasteiger partial charge in [-0.3, -0.25) is 4.90 Å². The number of rotatable bonds is 2. The van der Waals surface area contributed by atoms with Crippen LogP contribution >= 0.6 is 0 Å². The van der Waals surface area contributed by atoms with Crippen LogP contribution in [0, 0.1) is 0 Å². The number of hydrogen-bond donors (Lipinski definition) is 1. The fraction of sp³-hybridized carbons (Fsp3) is 0.800. The molecule has 0 bridgehead atoms. The molecule has 2 aliphatic rings. The lowest BCUT2D eigenvalue weighted by Gasteiger charge is -2.32. The van der Waals surface area contributed by atoms with Gasteiger partial charge in [0.05, 0.1) is 7.11 Å². The Hall–Kier alpha value is -1.30. The average Bonchev–Trinajstić information content (AvgIpc) is 2.71. The van der Waals surface area contributed by atoms with Gasteiger partial charge in [-0.2, -0.15) is 0 Å². The van der Waals surface area contributed by atoms with Gasteiger partial charge in [0.25, 0.3) is 0 Å². The Labute approximate surface area is 93.9 Å². The van der Waals surface area contributed by atoms with Crippen LogP contribution in [0.2, 0.25) is 0 Å². The zero-order valence-corrected chi connectivity index (χ0v) is 9.27. The molecule has 90 valence electrons. The summed E-state index contributed by atoms with van der Waals surface area (Å²) in [6.45, 7) is 1.83. The number of ether oxygens (including phenoxy) is 2. The molecule has 2 saturated heterocycles. The minimum atomic E-state index is -0.569. The first-order valence-electron chi connectivity index (χ1n) is 5.47. The molecule has 2 rings (SSSR count). The maximum Gasteiger partial charge on any atom is 0.410 e. The molecule has 0 saturated carbocycles. The first-order valence-corrected chi connectivity index (χ1v) is 5.47. The Morgan fingerprint density at radius 1 is 1.50 bits per heavy atom. The summed E-state index contributed by atoms with van der Waals surface area (Å²) in [5, 5.41) is 3.22. The third-order valence-corrected chi connectivity index (χ3v) is 3.09. The van der Waals surface area contributed by atoms with Crippen molar-refractivity contribution in [3.63, 3.8) is 0 Å². The molecule has 0 aliphatic carbocycles. The first-order chi connectivity index (χ1) is 7.74. The molecule has 1 amide bonds. The van der Waals surface area contributed by atoms with Crippen molar-refractivity contribution < 1.29 is 19.1 Å². The van der Waals surface area contributed by atoms with Crippen molar-refractivity contribution in [3.05, 3.63) is 0 Å². The minimum absolute atomic E-state index is 0.0837. The third kappa shape index (κ3) is 1.97. The number of cyclic esters (lactones) is 1. The quantitative estimate of drug-likeness (QED) is 0.659. The van der Waals surface area contributed by atoms with E-state index in [4.69, 9.17) is 4.74 Å². The SMILES string of the molecule is COC(=O)C1COC(=O)N1C1CCNCC1. The van der Waals surface area contributed by atoms with Gasteiger partial charge < -0.3 is 14.8 Å². The molecular weight excluding hydrogens is 212 g/mol. The summed E-state index contributed by atoms with van der Waals surface area (Å²) >= 11 is 0. The van der Waals surface area contributed by atoms with Crippen molar-refractivity contribution in [1.29, 1.82) is 0 Å². The van der Waals surface area contributed by atoms with Crippen molar-refractivity contribution in [2.24, 2.45) is 0 Å². The maximum atomic E-state index is 11.6. The molecule has 0 aromatic carbocycles. The largest absolute Gasteiger partial charge is 0.467 e. The molecule has 2 heterocycles. The van der Waals surface area contributed by atoms with Gasteiger partial charge in [0, 0.05) is 6.04 Å². The molecule has 2 aliphatic heterocycles. The van der Waals surface area contributed by atoms with E-state index in [9.17, 15) is 9.59 Å². The Bertz CT molecular complexity index is 289. The Morgan fingerprint density at radius 3 is 2.81 bits per heavy atom. The monoisotopic (exact) mass is 228 g/mol. The lowest BCUT2D eigenvalue weighted by Crippen LogP contribution is -2.50. The van der Waals surface area contributed by atoms with Crippen LogP contribution in [0.25, 0.3) is 0 Å². The summed E-state index contributed by atoms with van der Waals surface area (Å²) in [7, 11) is 1.33. The maximum absolute atomic E-state index is 11.6.